The molecule has 0 bridgehead atoms. The van der Waals surface area contributed by atoms with Crippen LogP contribution < -0.4 is 5.32 Å². The van der Waals surface area contributed by atoms with E-state index >= 15 is 0 Å². The number of rotatable bonds is 6. The molecule has 3 aromatic rings. The molecule has 1 saturated heterocycles. The first-order valence-corrected chi connectivity index (χ1v) is 13.4. The highest BCUT2D eigenvalue weighted by atomic mass is 32.2. The summed E-state index contributed by atoms with van der Waals surface area (Å²) in [5, 5.41) is 18.5. The average Bonchev–Trinajstić information content (AvgIpc) is 3.47. The Labute approximate surface area is 205 Å². The molecule has 0 spiro atoms. The maximum Gasteiger partial charge on any atom is 0.269 e. The molecule has 11 nitrogen and oxygen atoms in total. The number of anilines is 1. The summed E-state index contributed by atoms with van der Waals surface area (Å²) in [4.78, 5) is 23.7. The first kappa shape index (κ1) is 23.5. The van der Waals surface area contributed by atoms with Crippen molar-refractivity contribution >= 4 is 39.2 Å². The van der Waals surface area contributed by atoms with Gasteiger partial charge in [-0.05, 0) is 36.4 Å². The van der Waals surface area contributed by atoms with Crippen LogP contribution >= 0.6 is 11.8 Å². The topological polar surface area (TPSA) is 137 Å². The largest absolute Gasteiger partial charge is 0.379 e. The van der Waals surface area contributed by atoms with Crippen LogP contribution in [-0.4, -0.2) is 59.6 Å². The highest BCUT2D eigenvalue weighted by molar-refractivity contribution is 7.98. The molecule has 0 aliphatic carbocycles. The Balaban J connectivity index is 1.39. The number of nitro benzene ring substituents is 1. The lowest BCUT2D eigenvalue weighted by atomic mass is 10.2. The Kier molecular flexibility index (Phi) is 6.32. The van der Waals surface area contributed by atoms with Gasteiger partial charge in [0.05, 0.1) is 34.4 Å². The molecule has 0 atom stereocenters. The third-order valence-corrected chi connectivity index (χ3v) is 8.70. The fourth-order valence-electron chi connectivity index (χ4n) is 3.94. The second-order valence-corrected chi connectivity index (χ2v) is 10.9. The second-order valence-electron chi connectivity index (χ2n) is 7.95. The minimum absolute atomic E-state index is 0.0401. The SMILES string of the molecule is O=C(Nc1c2c(nn1-c1ccc([N+](=O)[O-])cc1)CSC2)c1ccc(S(=O)(=O)N2CCOCC2)cc1. The molecule has 1 fully saturated rings. The Morgan fingerprint density at radius 1 is 1.06 bits per heavy atom. The average molecular weight is 516 g/mol. The summed E-state index contributed by atoms with van der Waals surface area (Å²) in [7, 11) is -3.66. The smallest absolute Gasteiger partial charge is 0.269 e. The van der Waals surface area contributed by atoms with E-state index in [9.17, 15) is 23.3 Å². The van der Waals surface area contributed by atoms with Gasteiger partial charge in [0, 0.05) is 47.9 Å². The first-order chi connectivity index (χ1) is 16.8. The van der Waals surface area contributed by atoms with Crippen LogP contribution in [0.15, 0.2) is 53.4 Å². The van der Waals surface area contributed by atoms with Crippen LogP contribution in [-0.2, 0) is 26.3 Å². The summed E-state index contributed by atoms with van der Waals surface area (Å²) in [6, 6.07) is 11.7. The molecule has 1 aromatic heterocycles. The van der Waals surface area contributed by atoms with Crippen LogP contribution in [0, 0.1) is 10.1 Å². The zero-order valence-electron chi connectivity index (χ0n) is 18.4. The maximum atomic E-state index is 13.1. The summed E-state index contributed by atoms with van der Waals surface area (Å²) in [6.45, 7) is 1.29. The maximum absolute atomic E-state index is 13.1. The Morgan fingerprint density at radius 3 is 2.40 bits per heavy atom. The number of sulfonamides is 1. The number of morpholine rings is 1. The van der Waals surface area contributed by atoms with Gasteiger partial charge in [-0.25, -0.2) is 13.1 Å². The van der Waals surface area contributed by atoms with Gasteiger partial charge in [-0.1, -0.05) is 0 Å². The lowest BCUT2D eigenvalue weighted by molar-refractivity contribution is -0.384. The van der Waals surface area contributed by atoms with Gasteiger partial charge in [0.15, 0.2) is 0 Å². The number of amides is 1. The molecule has 1 N–H and O–H groups in total. The van der Waals surface area contributed by atoms with Gasteiger partial charge >= 0.3 is 0 Å². The summed E-state index contributed by atoms with van der Waals surface area (Å²) in [5.41, 5.74) is 2.57. The van der Waals surface area contributed by atoms with Crippen molar-refractivity contribution in [2.45, 2.75) is 16.4 Å². The molecule has 0 saturated carbocycles. The van der Waals surface area contributed by atoms with Crippen LogP contribution in [0.5, 0.6) is 0 Å². The molecular weight excluding hydrogens is 494 g/mol. The molecule has 5 rings (SSSR count). The summed E-state index contributed by atoms with van der Waals surface area (Å²) < 4.78 is 33.8. The van der Waals surface area contributed by atoms with Gasteiger partial charge < -0.3 is 10.1 Å². The molecule has 3 heterocycles. The number of aromatic nitrogens is 2. The van der Waals surface area contributed by atoms with E-state index in [-0.39, 0.29) is 10.6 Å². The molecule has 35 heavy (non-hydrogen) atoms. The molecule has 13 heteroatoms. The number of thioether (sulfide) groups is 1. The standard InChI is InChI=1S/C22H21N5O6S2/c28-22(15-1-7-18(8-2-15)35(31,32)25-9-11-33-12-10-25)23-21-19-13-34-14-20(19)24-26(21)16-3-5-17(6-4-16)27(29)30/h1-8H,9-14H2,(H,23,28). The molecule has 182 valence electrons. The van der Waals surface area contributed by atoms with E-state index in [1.165, 1.54) is 40.7 Å². The first-order valence-electron chi connectivity index (χ1n) is 10.8. The van der Waals surface area contributed by atoms with E-state index in [2.05, 4.69) is 10.4 Å². The number of carbonyl (C=O) groups is 1. The van der Waals surface area contributed by atoms with Crippen molar-refractivity contribution < 1.29 is 22.9 Å². The number of benzene rings is 2. The Morgan fingerprint density at radius 2 is 1.74 bits per heavy atom. The number of hydrogen-bond acceptors (Lipinski definition) is 8. The molecule has 1 amide bonds. The van der Waals surface area contributed by atoms with Crippen molar-refractivity contribution in [2.24, 2.45) is 0 Å². The summed E-state index contributed by atoms with van der Waals surface area (Å²) >= 11 is 1.68. The van der Waals surface area contributed by atoms with Crippen LogP contribution in [0.2, 0.25) is 0 Å². The molecule has 0 unspecified atom stereocenters. The normalized spacial score (nSPS) is 16.1. The minimum Gasteiger partial charge on any atom is -0.379 e. The van der Waals surface area contributed by atoms with Gasteiger partial charge in [-0.15, -0.1) is 0 Å². The molecule has 0 radical (unpaired) electrons. The van der Waals surface area contributed by atoms with E-state index in [0.717, 1.165) is 11.3 Å². The van der Waals surface area contributed by atoms with E-state index in [1.807, 2.05) is 0 Å². The number of nitrogens with zero attached hydrogens (tertiary/aromatic N) is 4. The lowest BCUT2D eigenvalue weighted by Crippen LogP contribution is -2.40. The lowest BCUT2D eigenvalue weighted by Gasteiger charge is -2.26. The van der Waals surface area contributed by atoms with Crippen molar-refractivity contribution in [1.29, 1.82) is 0 Å². The number of non-ortho nitro benzene ring substituents is 1. The number of carbonyl (C=O) groups excluding carboxylic acids is 1. The molecular formula is C22H21N5O6S2. The van der Waals surface area contributed by atoms with Crippen molar-refractivity contribution in [3.8, 4) is 5.69 Å². The van der Waals surface area contributed by atoms with Crippen molar-refractivity contribution in [3.05, 3.63) is 75.5 Å². The molecule has 2 aliphatic rings. The zero-order chi connectivity index (χ0) is 24.6. The number of nitro groups is 1. The number of hydrogen-bond donors (Lipinski definition) is 1. The van der Waals surface area contributed by atoms with Gasteiger partial charge in [0.2, 0.25) is 10.0 Å². The fraction of sp³-hybridized carbons (Fsp3) is 0.273. The number of ether oxygens (including phenoxy) is 1. The van der Waals surface area contributed by atoms with Crippen molar-refractivity contribution in [3.63, 3.8) is 0 Å². The fourth-order valence-corrected chi connectivity index (χ4v) is 6.38. The highest BCUT2D eigenvalue weighted by Crippen LogP contribution is 2.36. The van der Waals surface area contributed by atoms with Gasteiger partial charge in [0.1, 0.15) is 5.82 Å². The zero-order valence-corrected chi connectivity index (χ0v) is 20.0. The number of nitrogens with one attached hydrogen (secondary N) is 1. The third kappa shape index (κ3) is 4.55. The second kappa shape index (κ2) is 9.41. The molecule has 2 aromatic carbocycles. The van der Waals surface area contributed by atoms with Crippen LogP contribution in [0.25, 0.3) is 5.69 Å². The third-order valence-electron chi connectivity index (χ3n) is 5.81. The molecule has 2 aliphatic heterocycles. The Bertz CT molecular complexity index is 1380. The summed E-state index contributed by atoms with van der Waals surface area (Å²) in [6.07, 6.45) is 0. The Hall–Kier alpha value is -3.26. The quantitative estimate of drug-likeness (QED) is 0.391. The van der Waals surface area contributed by atoms with Crippen LogP contribution in [0.3, 0.4) is 0 Å². The monoisotopic (exact) mass is 515 g/mol. The minimum atomic E-state index is -3.66. The van der Waals surface area contributed by atoms with Gasteiger partial charge in [-0.2, -0.15) is 21.2 Å². The summed E-state index contributed by atoms with van der Waals surface area (Å²) in [5.74, 6) is 1.46. The van der Waals surface area contributed by atoms with Crippen molar-refractivity contribution in [2.75, 3.05) is 31.6 Å². The van der Waals surface area contributed by atoms with Crippen LogP contribution in [0.1, 0.15) is 21.6 Å². The van der Waals surface area contributed by atoms with Gasteiger partial charge in [0.25, 0.3) is 11.6 Å². The van der Waals surface area contributed by atoms with Crippen molar-refractivity contribution in [1.82, 2.24) is 14.1 Å². The predicted octanol–water partition coefficient (Wildman–Crippen LogP) is 2.80. The number of fused-ring (bicyclic) bond motifs is 1. The predicted molar refractivity (Wildman–Crippen MR) is 129 cm³/mol. The van der Waals surface area contributed by atoms with E-state index in [0.29, 0.717) is 54.9 Å². The van der Waals surface area contributed by atoms with Gasteiger partial charge in [-0.3, -0.25) is 14.9 Å². The van der Waals surface area contributed by atoms with E-state index in [4.69, 9.17) is 4.74 Å². The van der Waals surface area contributed by atoms with Crippen LogP contribution in [0.4, 0.5) is 11.5 Å². The van der Waals surface area contributed by atoms with E-state index in [1.54, 1.807) is 28.6 Å². The highest BCUT2D eigenvalue weighted by Gasteiger charge is 2.28. The van der Waals surface area contributed by atoms with E-state index < -0.39 is 20.9 Å².